The Morgan fingerprint density at radius 2 is 2.09 bits per heavy atom. The number of hydrogen-bond acceptors (Lipinski definition) is 4. The number of nitrogens with two attached hydrogens (primary N) is 1. The molecule has 0 unspecified atom stereocenters. The Kier molecular flexibility index (Phi) is 3.72. The largest absolute Gasteiger partial charge is 0.329 e. The van der Waals surface area contributed by atoms with E-state index in [1.807, 2.05) is 60.3 Å². The summed E-state index contributed by atoms with van der Waals surface area (Å²) < 4.78 is 2.00. The number of thiazole rings is 1. The summed E-state index contributed by atoms with van der Waals surface area (Å²) in [5.41, 5.74) is 7.74. The molecule has 0 atom stereocenters. The normalized spacial score (nSPS) is 11.8. The fraction of sp³-hybridized carbons (Fsp3) is 0.250. The van der Waals surface area contributed by atoms with Gasteiger partial charge in [-0.05, 0) is 26.0 Å². The second kappa shape index (κ2) is 5.55. The van der Waals surface area contributed by atoms with E-state index in [9.17, 15) is 4.79 Å². The molecule has 6 heteroatoms. The minimum atomic E-state index is -0.576. The van der Waals surface area contributed by atoms with Crippen LogP contribution in [0, 0.1) is 5.41 Å². The zero-order valence-corrected chi connectivity index (χ0v) is 13.4. The van der Waals surface area contributed by atoms with Crippen LogP contribution in [0.1, 0.15) is 13.8 Å². The third kappa shape index (κ3) is 2.75. The van der Waals surface area contributed by atoms with Crippen LogP contribution in [-0.2, 0) is 4.79 Å². The van der Waals surface area contributed by atoms with Crippen LogP contribution in [0.4, 0.5) is 5.69 Å². The summed E-state index contributed by atoms with van der Waals surface area (Å²) in [7, 11) is 0. The van der Waals surface area contributed by atoms with Crippen molar-refractivity contribution >= 4 is 27.9 Å². The van der Waals surface area contributed by atoms with Gasteiger partial charge < -0.3 is 11.1 Å². The number of fused-ring (bicyclic) bond motifs is 1. The van der Waals surface area contributed by atoms with Crippen molar-refractivity contribution in [2.24, 2.45) is 11.1 Å². The fourth-order valence-electron chi connectivity index (χ4n) is 1.98. The molecule has 0 fully saturated rings. The smallest absolute Gasteiger partial charge is 0.231 e. The molecule has 5 nitrogen and oxygen atoms in total. The summed E-state index contributed by atoms with van der Waals surface area (Å²) in [5, 5.41) is 4.89. The molecule has 3 rings (SSSR count). The van der Waals surface area contributed by atoms with E-state index in [2.05, 4.69) is 10.3 Å². The first-order valence-corrected chi connectivity index (χ1v) is 7.92. The fourth-order valence-corrected chi connectivity index (χ4v) is 2.68. The van der Waals surface area contributed by atoms with E-state index in [-0.39, 0.29) is 5.91 Å². The number of hydrogen-bond donors (Lipinski definition) is 2. The van der Waals surface area contributed by atoms with E-state index in [4.69, 9.17) is 5.73 Å². The maximum absolute atomic E-state index is 12.1. The Morgan fingerprint density at radius 3 is 2.73 bits per heavy atom. The van der Waals surface area contributed by atoms with Gasteiger partial charge in [0, 0.05) is 35.6 Å². The van der Waals surface area contributed by atoms with Crippen molar-refractivity contribution in [3.05, 3.63) is 42.0 Å². The number of nitrogens with one attached hydrogen (secondary N) is 1. The highest BCUT2D eigenvalue weighted by atomic mass is 32.1. The van der Waals surface area contributed by atoms with E-state index in [1.54, 1.807) is 11.3 Å². The summed E-state index contributed by atoms with van der Waals surface area (Å²) in [6.07, 6.45) is 3.98. The van der Waals surface area contributed by atoms with Gasteiger partial charge in [-0.3, -0.25) is 9.20 Å². The van der Waals surface area contributed by atoms with Gasteiger partial charge in [0.1, 0.15) is 0 Å². The molecule has 22 heavy (non-hydrogen) atoms. The van der Waals surface area contributed by atoms with E-state index in [0.29, 0.717) is 6.54 Å². The second-order valence-corrected chi connectivity index (χ2v) is 6.71. The van der Waals surface area contributed by atoms with E-state index in [0.717, 1.165) is 21.9 Å². The van der Waals surface area contributed by atoms with Gasteiger partial charge in [0.05, 0.1) is 11.1 Å². The SMILES string of the molecule is CC(C)(CN)C(=O)Nc1ccc(-c2cn3ccsc3n2)cc1. The predicted octanol–water partition coefficient (Wildman–Crippen LogP) is 2.99. The molecular formula is C16H18N4OS. The third-order valence-electron chi connectivity index (χ3n) is 3.66. The molecule has 2 heterocycles. The first-order chi connectivity index (χ1) is 10.5. The van der Waals surface area contributed by atoms with Crippen LogP contribution in [-0.4, -0.2) is 21.8 Å². The van der Waals surface area contributed by atoms with Gasteiger partial charge in [-0.25, -0.2) is 4.98 Å². The van der Waals surface area contributed by atoms with Crippen LogP contribution in [0.25, 0.3) is 16.2 Å². The lowest BCUT2D eigenvalue weighted by Crippen LogP contribution is -2.37. The molecule has 0 aliphatic heterocycles. The number of aromatic nitrogens is 2. The molecule has 0 radical (unpaired) electrons. The zero-order chi connectivity index (χ0) is 15.7. The van der Waals surface area contributed by atoms with Crippen LogP contribution in [0.5, 0.6) is 0 Å². The van der Waals surface area contributed by atoms with E-state index < -0.39 is 5.41 Å². The van der Waals surface area contributed by atoms with E-state index >= 15 is 0 Å². The molecule has 1 amide bonds. The third-order valence-corrected chi connectivity index (χ3v) is 4.43. The Balaban J connectivity index is 1.78. The van der Waals surface area contributed by atoms with Gasteiger partial charge in [-0.15, -0.1) is 11.3 Å². The molecule has 0 saturated carbocycles. The average Bonchev–Trinajstić information content (AvgIpc) is 3.09. The summed E-state index contributed by atoms with van der Waals surface area (Å²) in [4.78, 5) is 17.6. The van der Waals surface area contributed by atoms with Crippen LogP contribution in [0.15, 0.2) is 42.0 Å². The number of rotatable bonds is 4. The Labute approximate surface area is 132 Å². The number of carbonyl (C=O) groups excluding carboxylic acids is 1. The van der Waals surface area contributed by atoms with Gasteiger partial charge >= 0.3 is 0 Å². The van der Waals surface area contributed by atoms with Crippen molar-refractivity contribution in [2.45, 2.75) is 13.8 Å². The van der Waals surface area contributed by atoms with Gasteiger partial charge in [0.15, 0.2) is 4.96 Å². The van der Waals surface area contributed by atoms with Crippen LogP contribution >= 0.6 is 11.3 Å². The maximum atomic E-state index is 12.1. The molecule has 1 aromatic carbocycles. The minimum Gasteiger partial charge on any atom is -0.329 e. The van der Waals surface area contributed by atoms with Gasteiger partial charge in [0.25, 0.3) is 0 Å². The molecule has 3 aromatic rings. The Morgan fingerprint density at radius 1 is 1.36 bits per heavy atom. The monoisotopic (exact) mass is 314 g/mol. The van der Waals surface area contributed by atoms with Gasteiger partial charge in [-0.2, -0.15) is 0 Å². The summed E-state index contributed by atoms with van der Waals surface area (Å²) in [6, 6.07) is 7.68. The van der Waals surface area contributed by atoms with Crippen molar-refractivity contribution in [2.75, 3.05) is 11.9 Å². The lowest BCUT2D eigenvalue weighted by atomic mass is 9.92. The van der Waals surface area contributed by atoms with Crippen LogP contribution in [0.3, 0.4) is 0 Å². The Bertz CT molecular complexity index is 773. The molecule has 0 saturated heterocycles. The van der Waals surface area contributed by atoms with Crippen molar-refractivity contribution in [3.8, 4) is 11.3 Å². The zero-order valence-electron chi connectivity index (χ0n) is 12.5. The summed E-state index contributed by atoms with van der Waals surface area (Å²) in [6.45, 7) is 3.96. The molecule has 0 bridgehead atoms. The average molecular weight is 314 g/mol. The lowest BCUT2D eigenvalue weighted by molar-refractivity contribution is -0.123. The highest BCUT2D eigenvalue weighted by Gasteiger charge is 2.25. The predicted molar refractivity (Wildman–Crippen MR) is 90.0 cm³/mol. The van der Waals surface area contributed by atoms with Crippen molar-refractivity contribution < 1.29 is 4.79 Å². The van der Waals surface area contributed by atoms with Gasteiger partial charge in [0.2, 0.25) is 5.91 Å². The van der Waals surface area contributed by atoms with Crippen LogP contribution < -0.4 is 11.1 Å². The van der Waals surface area contributed by atoms with Crippen molar-refractivity contribution in [1.29, 1.82) is 0 Å². The Hall–Kier alpha value is -2.18. The first-order valence-electron chi connectivity index (χ1n) is 7.04. The summed E-state index contributed by atoms with van der Waals surface area (Å²) >= 11 is 1.60. The molecule has 0 aliphatic rings. The number of imidazole rings is 1. The van der Waals surface area contributed by atoms with Crippen LogP contribution in [0.2, 0.25) is 0 Å². The lowest BCUT2D eigenvalue weighted by Gasteiger charge is -2.21. The van der Waals surface area contributed by atoms with Crippen molar-refractivity contribution in [3.63, 3.8) is 0 Å². The minimum absolute atomic E-state index is 0.0785. The number of carbonyl (C=O) groups is 1. The molecule has 114 valence electrons. The molecule has 0 spiro atoms. The summed E-state index contributed by atoms with van der Waals surface area (Å²) in [5.74, 6) is -0.0785. The number of nitrogens with zero attached hydrogens (tertiary/aromatic N) is 2. The second-order valence-electron chi connectivity index (χ2n) is 5.84. The highest BCUT2D eigenvalue weighted by Crippen LogP contribution is 2.24. The molecule has 0 aliphatic carbocycles. The number of benzene rings is 1. The quantitative estimate of drug-likeness (QED) is 0.777. The standard InChI is InChI=1S/C16H18N4OS/c1-16(2,10-17)14(21)18-12-5-3-11(4-6-12)13-9-20-7-8-22-15(20)19-13/h3-9H,10,17H2,1-2H3,(H,18,21). The molecular weight excluding hydrogens is 296 g/mol. The van der Waals surface area contributed by atoms with Crippen molar-refractivity contribution in [1.82, 2.24) is 9.38 Å². The van der Waals surface area contributed by atoms with Gasteiger partial charge in [-0.1, -0.05) is 12.1 Å². The van der Waals surface area contributed by atoms with E-state index in [1.165, 1.54) is 0 Å². The molecule has 3 N–H and O–H groups in total. The first kappa shape index (κ1) is 14.7. The number of amides is 1. The topological polar surface area (TPSA) is 72.4 Å². The molecule has 2 aromatic heterocycles. The number of anilines is 1. The highest BCUT2D eigenvalue weighted by molar-refractivity contribution is 7.15. The maximum Gasteiger partial charge on any atom is 0.231 e.